The predicted octanol–water partition coefficient (Wildman–Crippen LogP) is 2.10. The summed E-state index contributed by atoms with van der Waals surface area (Å²) in [5.74, 6) is 0.711. The van der Waals surface area contributed by atoms with Gasteiger partial charge in [-0.1, -0.05) is 6.07 Å². The summed E-state index contributed by atoms with van der Waals surface area (Å²) in [6.07, 6.45) is 5.48. The monoisotopic (exact) mass is 210 g/mol. The maximum absolute atomic E-state index is 4.44. The summed E-state index contributed by atoms with van der Waals surface area (Å²) >= 11 is 0. The van der Waals surface area contributed by atoms with Gasteiger partial charge < -0.3 is 0 Å². The third-order valence-corrected chi connectivity index (χ3v) is 2.37. The highest BCUT2D eigenvalue weighted by Crippen LogP contribution is 2.15. The zero-order valence-corrected chi connectivity index (χ0v) is 8.83. The van der Waals surface area contributed by atoms with E-state index in [1.54, 1.807) is 10.7 Å². The normalized spacial score (nSPS) is 10.8. The molecule has 3 heterocycles. The van der Waals surface area contributed by atoms with Gasteiger partial charge in [-0.05, 0) is 30.7 Å². The van der Waals surface area contributed by atoms with Crippen molar-refractivity contribution in [2.45, 2.75) is 6.92 Å². The Hall–Kier alpha value is -2.23. The molecule has 16 heavy (non-hydrogen) atoms. The van der Waals surface area contributed by atoms with Crippen LogP contribution in [0.25, 0.3) is 17.0 Å². The molecule has 0 aliphatic heterocycles. The highest BCUT2D eigenvalue weighted by atomic mass is 15.3. The van der Waals surface area contributed by atoms with E-state index in [0.29, 0.717) is 5.82 Å². The van der Waals surface area contributed by atoms with Crippen molar-refractivity contribution in [3.8, 4) is 11.4 Å². The van der Waals surface area contributed by atoms with E-state index in [4.69, 9.17) is 0 Å². The van der Waals surface area contributed by atoms with Crippen LogP contribution >= 0.6 is 0 Å². The van der Waals surface area contributed by atoms with Crippen LogP contribution in [0, 0.1) is 6.92 Å². The fourth-order valence-electron chi connectivity index (χ4n) is 1.63. The van der Waals surface area contributed by atoms with E-state index in [0.717, 1.165) is 16.8 Å². The second-order valence-corrected chi connectivity index (χ2v) is 3.69. The summed E-state index contributed by atoms with van der Waals surface area (Å²) in [5.41, 5.74) is 2.90. The maximum atomic E-state index is 4.44. The minimum atomic E-state index is 0.711. The molecule has 0 saturated heterocycles. The van der Waals surface area contributed by atoms with Gasteiger partial charge in [-0.2, -0.15) is 0 Å². The molecule has 0 unspecified atom stereocenters. The average Bonchev–Trinajstić information content (AvgIpc) is 2.72. The molecule has 0 radical (unpaired) electrons. The van der Waals surface area contributed by atoms with E-state index in [1.807, 2.05) is 43.6 Å². The van der Waals surface area contributed by atoms with Gasteiger partial charge in [0.05, 0.1) is 0 Å². The third-order valence-electron chi connectivity index (χ3n) is 2.37. The van der Waals surface area contributed by atoms with Crippen molar-refractivity contribution in [3.63, 3.8) is 0 Å². The van der Waals surface area contributed by atoms with Gasteiger partial charge in [0.1, 0.15) is 0 Å². The van der Waals surface area contributed by atoms with Crippen LogP contribution in [0.3, 0.4) is 0 Å². The molecule has 4 nitrogen and oxygen atoms in total. The van der Waals surface area contributed by atoms with E-state index in [2.05, 4.69) is 15.1 Å². The molecule has 3 rings (SSSR count). The smallest absolute Gasteiger partial charge is 0.183 e. The lowest BCUT2D eigenvalue weighted by molar-refractivity contribution is 0.965. The number of hydrogen-bond donors (Lipinski definition) is 0. The predicted molar refractivity (Wildman–Crippen MR) is 61.0 cm³/mol. The molecule has 0 saturated carbocycles. The topological polar surface area (TPSA) is 43.1 Å². The Morgan fingerprint density at radius 3 is 2.94 bits per heavy atom. The first-order valence-corrected chi connectivity index (χ1v) is 5.06. The maximum Gasteiger partial charge on any atom is 0.183 e. The van der Waals surface area contributed by atoms with Gasteiger partial charge in [0.2, 0.25) is 0 Å². The summed E-state index contributed by atoms with van der Waals surface area (Å²) in [5, 5.41) is 4.39. The van der Waals surface area contributed by atoms with Crippen LogP contribution in [0.5, 0.6) is 0 Å². The minimum Gasteiger partial charge on any atom is -0.264 e. The van der Waals surface area contributed by atoms with Gasteiger partial charge >= 0.3 is 0 Å². The van der Waals surface area contributed by atoms with Crippen molar-refractivity contribution >= 4 is 5.65 Å². The molecule has 3 aromatic rings. The Labute approximate surface area is 92.6 Å². The number of pyridine rings is 2. The zero-order valence-electron chi connectivity index (χ0n) is 8.83. The SMILES string of the molecule is Cc1cncc(-c2nc3ccccn3n2)c1. The van der Waals surface area contributed by atoms with Gasteiger partial charge in [-0.15, -0.1) is 5.10 Å². The Kier molecular flexibility index (Phi) is 1.93. The summed E-state index contributed by atoms with van der Waals surface area (Å²) in [6, 6.07) is 7.84. The number of rotatable bonds is 1. The first-order valence-electron chi connectivity index (χ1n) is 5.06. The molecule has 0 aromatic carbocycles. The lowest BCUT2D eigenvalue weighted by atomic mass is 10.2. The first kappa shape index (κ1) is 9.03. The largest absolute Gasteiger partial charge is 0.264 e. The summed E-state index contributed by atoms with van der Waals surface area (Å²) < 4.78 is 1.76. The van der Waals surface area contributed by atoms with Crippen LogP contribution in [-0.2, 0) is 0 Å². The molecule has 0 bridgehead atoms. The summed E-state index contributed by atoms with van der Waals surface area (Å²) in [7, 11) is 0. The fourth-order valence-corrected chi connectivity index (χ4v) is 1.63. The van der Waals surface area contributed by atoms with E-state index in [-0.39, 0.29) is 0 Å². The fraction of sp³-hybridized carbons (Fsp3) is 0.0833. The first-order chi connectivity index (χ1) is 7.83. The lowest BCUT2D eigenvalue weighted by Gasteiger charge is -1.94. The number of aromatic nitrogens is 4. The van der Waals surface area contributed by atoms with Crippen LogP contribution in [-0.4, -0.2) is 19.6 Å². The van der Waals surface area contributed by atoms with Gasteiger partial charge in [-0.3, -0.25) is 4.98 Å². The van der Waals surface area contributed by atoms with Crippen molar-refractivity contribution in [2.75, 3.05) is 0 Å². The van der Waals surface area contributed by atoms with Crippen molar-refractivity contribution in [3.05, 3.63) is 48.4 Å². The van der Waals surface area contributed by atoms with Gasteiger partial charge in [0, 0.05) is 24.2 Å². The lowest BCUT2D eigenvalue weighted by Crippen LogP contribution is -1.86. The number of hydrogen-bond acceptors (Lipinski definition) is 3. The molecule has 0 aliphatic rings. The Morgan fingerprint density at radius 2 is 2.12 bits per heavy atom. The zero-order chi connectivity index (χ0) is 11.0. The van der Waals surface area contributed by atoms with Crippen molar-refractivity contribution in [1.29, 1.82) is 0 Å². The molecule has 0 spiro atoms. The molecule has 0 N–H and O–H groups in total. The number of nitrogens with zero attached hydrogens (tertiary/aromatic N) is 4. The molecule has 3 aromatic heterocycles. The minimum absolute atomic E-state index is 0.711. The van der Waals surface area contributed by atoms with E-state index >= 15 is 0 Å². The van der Waals surface area contributed by atoms with E-state index in [9.17, 15) is 0 Å². The summed E-state index contributed by atoms with van der Waals surface area (Å²) in [6.45, 7) is 2.01. The van der Waals surface area contributed by atoms with Crippen LogP contribution in [0.2, 0.25) is 0 Å². The Balaban J connectivity index is 2.19. The molecule has 0 atom stereocenters. The van der Waals surface area contributed by atoms with Gasteiger partial charge in [-0.25, -0.2) is 9.50 Å². The standard InChI is InChI=1S/C12H10N4/c1-9-6-10(8-13-7-9)12-14-11-4-2-3-5-16(11)15-12/h2-8H,1H3. The molecule has 4 heteroatoms. The molecule has 0 fully saturated rings. The number of aryl methyl sites for hydroxylation is 1. The van der Waals surface area contributed by atoms with Crippen LogP contribution in [0.15, 0.2) is 42.9 Å². The molecule has 78 valence electrons. The quantitative estimate of drug-likeness (QED) is 0.617. The summed E-state index contributed by atoms with van der Waals surface area (Å²) in [4.78, 5) is 8.58. The second-order valence-electron chi connectivity index (χ2n) is 3.69. The Morgan fingerprint density at radius 1 is 1.19 bits per heavy atom. The van der Waals surface area contributed by atoms with Gasteiger partial charge in [0.15, 0.2) is 11.5 Å². The van der Waals surface area contributed by atoms with Crippen LogP contribution < -0.4 is 0 Å². The highest BCUT2D eigenvalue weighted by molar-refractivity contribution is 5.57. The molecular formula is C12H10N4. The molecule has 0 amide bonds. The van der Waals surface area contributed by atoms with E-state index < -0.39 is 0 Å². The van der Waals surface area contributed by atoms with Crippen LogP contribution in [0.1, 0.15) is 5.56 Å². The average molecular weight is 210 g/mol. The molecule has 0 aliphatic carbocycles. The van der Waals surface area contributed by atoms with Gasteiger partial charge in [0.25, 0.3) is 0 Å². The van der Waals surface area contributed by atoms with Crippen molar-refractivity contribution in [1.82, 2.24) is 19.6 Å². The Bertz CT molecular complexity index is 609. The molecular weight excluding hydrogens is 200 g/mol. The van der Waals surface area contributed by atoms with Crippen LogP contribution in [0.4, 0.5) is 0 Å². The van der Waals surface area contributed by atoms with Crippen molar-refractivity contribution < 1.29 is 0 Å². The second kappa shape index (κ2) is 3.41. The number of fused-ring (bicyclic) bond motifs is 1. The van der Waals surface area contributed by atoms with E-state index in [1.165, 1.54) is 0 Å². The highest BCUT2D eigenvalue weighted by Gasteiger charge is 2.05. The third kappa shape index (κ3) is 1.44. The van der Waals surface area contributed by atoms with Crippen molar-refractivity contribution in [2.24, 2.45) is 0 Å².